The molecule has 1 saturated carbocycles. The first-order valence-corrected chi connectivity index (χ1v) is 11.0. The van der Waals surface area contributed by atoms with Crippen LogP contribution in [-0.4, -0.2) is 49.0 Å². The molecule has 1 aliphatic carbocycles. The molecular formula is C23H35FN4O. The summed E-state index contributed by atoms with van der Waals surface area (Å²) in [5.74, 6) is 1.10. The molecule has 1 amide bonds. The van der Waals surface area contributed by atoms with Gasteiger partial charge in [0.15, 0.2) is 5.96 Å². The molecule has 0 bridgehead atoms. The van der Waals surface area contributed by atoms with Gasteiger partial charge in [-0.15, -0.1) is 0 Å². The van der Waals surface area contributed by atoms with Gasteiger partial charge in [-0.25, -0.2) is 4.39 Å². The van der Waals surface area contributed by atoms with Gasteiger partial charge in [-0.2, -0.15) is 0 Å². The molecule has 1 atom stereocenters. The maximum Gasteiger partial charge on any atom is 0.225 e. The highest BCUT2D eigenvalue weighted by Crippen LogP contribution is 2.28. The number of nitrogens with one attached hydrogen (secondary N) is 2. The van der Waals surface area contributed by atoms with Gasteiger partial charge in [0.1, 0.15) is 5.82 Å². The van der Waals surface area contributed by atoms with Gasteiger partial charge in [0.25, 0.3) is 0 Å². The molecule has 1 aromatic carbocycles. The summed E-state index contributed by atoms with van der Waals surface area (Å²) in [4.78, 5) is 19.4. The molecule has 5 nitrogen and oxygen atoms in total. The minimum Gasteiger partial charge on any atom is -0.357 e. The van der Waals surface area contributed by atoms with Crippen LogP contribution >= 0.6 is 0 Å². The average molecular weight is 403 g/mol. The third-order valence-electron chi connectivity index (χ3n) is 6.12. The number of amides is 1. The zero-order valence-electron chi connectivity index (χ0n) is 18.0. The SMILES string of the molecule is CCNC(=NCC(C)(C)c1ccccc1F)NC1CCN(C(=O)C2CCCC2)C1. The Morgan fingerprint density at radius 3 is 2.66 bits per heavy atom. The van der Waals surface area contributed by atoms with Gasteiger partial charge in [0.05, 0.1) is 6.54 Å². The smallest absolute Gasteiger partial charge is 0.225 e. The van der Waals surface area contributed by atoms with Crippen LogP contribution in [0.4, 0.5) is 4.39 Å². The van der Waals surface area contributed by atoms with E-state index in [2.05, 4.69) is 10.6 Å². The van der Waals surface area contributed by atoms with Crippen LogP contribution in [0.15, 0.2) is 29.3 Å². The summed E-state index contributed by atoms with van der Waals surface area (Å²) in [5, 5.41) is 6.77. The zero-order valence-corrected chi connectivity index (χ0v) is 18.0. The molecule has 160 valence electrons. The summed E-state index contributed by atoms with van der Waals surface area (Å²) >= 11 is 0. The number of benzene rings is 1. The van der Waals surface area contributed by atoms with E-state index in [4.69, 9.17) is 4.99 Å². The van der Waals surface area contributed by atoms with E-state index in [9.17, 15) is 9.18 Å². The van der Waals surface area contributed by atoms with Crippen molar-refractivity contribution in [2.45, 2.75) is 64.3 Å². The molecule has 2 N–H and O–H groups in total. The first-order chi connectivity index (χ1) is 13.9. The highest BCUT2D eigenvalue weighted by atomic mass is 19.1. The van der Waals surface area contributed by atoms with E-state index in [0.717, 1.165) is 44.9 Å². The van der Waals surface area contributed by atoms with Crippen LogP contribution in [0.2, 0.25) is 0 Å². The van der Waals surface area contributed by atoms with Crippen LogP contribution < -0.4 is 10.6 Å². The lowest BCUT2D eigenvalue weighted by Crippen LogP contribution is -2.46. The number of rotatable bonds is 6. The van der Waals surface area contributed by atoms with Crippen LogP contribution in [0.5, 0.6) is 0 Å². The van der Waals surface area contributed by atoms with Gasteiger partial charge in [-0.05, 0) is 37.8 Å². The summed E-state index contributed by atoms with van der Waals surface area (Å²) in [7, 11) is 0. The first kappa shape index (κ1) is 21.6. The highest BCUT2D eigenvalue weighted by molar-refractivity contribution is 5.81. The second kappa shape index (κ2) is 9.59. The molecule has 1 saturated heterocycles. The zero-order chi connectivity index (χ0) is 20.9. The largest absolute Gasteiger partial charge is 0.357 e. The Hall–Kier alpha value is -2.11. The van der Waals surface area contributed by atoms with E-state index in [1.54, 1.807) is 6.07 Å². The quantitative estimate of drug-likeness (QED) is 0.566. The fraction of sp³-hybridized carbons (Fsp3) is 0.652. The molecule has 0 aromatic heterocycles. The summed E-state index contributed by atoms with van der Waals surface area (Å²) in [5.41, 5.74) is 0.266. The van der Waals surface area contributed by atoms with Crippen LogP contribution in [0.3, 0.4) is 0 Å². The lowest BCUT2D eigenvalue weighted by molar-refractivity contribution is -0.134. The Bertz CT molecular complexity index is 727. The van der Waals surface area contributed by atoms with E-state index in [1.807, 2.05) is 37.8 Å². The molecule has 0 spiro atoms. The molecule has 2 fully saturated rings. The Balaban J connectivity index is 1.59. The predicted molar refractivity (Wildman–Crippen MR) is 115 cm³/mol. The maximum absolute atomic E-state index is 14.2. The summed E-state index contributed by atoms with van der Waals surface area (Å²) in [6, 6.07) is 7.10. The number of carbonyl (C=O) groups is 1. The molecule has 6 heteroatoms. The highest BCUT2D eigenvalue weighted by Gasteiger charge is 2.32. The van der Waals surface area contributed by atoms with Crippen LogP contribution in [-0.2, 0) is 10.2 Å². The molecule has 1 aliphatic heterocycles. The lowest BCUT2D eigenvalue weighted by atomic mass is 9.84. The third kappa shape index (κ3) is 5.49. The fourth-order valence-corrected chi connectivity index (χ4v) is 4.39. The molecule has 29 heavy (non-hydrogen) atoms. The number of hydrogen-bond donors (Lipinski definition) is 2. The van der Waals surface area contributed by atoms with E-state index >= 15 is 0 Å². The Labute approximate surface area is 174 Å². The molecule has 1 aromatic rings. The second-order valence-corrected chi connectivity index (χ2v) is 8.95. The van der Waals surface area contributed by atoms with Crippen molar-refractivity contribution in [2.75, 3.05) is 26.2 Å². The van der Waals surface area contributed by atoms with E-state index in [0.29, 0.717) is 18.0 Å². The van der Waals surface area contributed by atoms with Gasteiger partial charge in [-0.3, -0.25) is 9.79 Å². The summed E-state index contributed by atoms with van der Waals surface area (Å²) in [6.45, 7) is 8.82. The van der Waals surface area contributed by atoms with Gasteiger partial charge in [-0.1, -0.05) is 44.9 Å². The average Bonchev–Trinajstić information content (AvgIpc) is 3.38. The third-order valence-corrected chi connectivity index (χ3v) is 6.12. The minimum absolute atomic E-state index is 0.192. The number of guanidine groups is 1. The normalized spacial score (nSPS) is 20.9. The fourth-order valence-electron chi connectivity index (χ4n) is 4.39. The number of carbonyl (C=O) groups excluding carboxylic acids is 1. The van der Waals surface area contributed by atoms with Crippen molar-refractivity contribution >= 4 is 11.9 Å². The molecule has 2 aliphatic rings. The molecule has 3 rings (SSSR count). The van der Waals surface area contributed by atoms with E-state index in [-0.39, 0.29) is 17.8 Å². The van der Waals surface area contributed by atoms with Gasteiger partial charge >= 0.3 is 0 Å². The standard InChI is InChI=1S/C23H35FN4O/c1-4-25-22(26-16-23(2,3)19-11-7-8-12-20(19)24)27-18-13-14-28(15-18)21(29)17-9-5-6-10-17/h7-8,11-12,17-18H,4-6,9-10,13-16H2,1-3H3,(H2,25,26,27). The van der Waals surface area contributed by atoms with Crippen LogP contribution in [0.25, 0.3) is 0 Å². The first-order valence-electron chi connectivity index (χ1n) is 11.0. The molecule has 1 heterocycles. The second-order valence-electron chi connectivity index (χ2n) is 8.95. The van der Waals surface area contributed by atoms with Crippen LogP contribution in [0.1, 0.15) is 58.4 Å². The number of halogens is 1. The Morgan fingerprint density at radius 1 is 1.24 bits per heavy atom. The predicted octanol–water partition coefficient (Wildman–Crippen LogP) is 3.45. The topological polar surface area (TPSA) is 56.7 Å². The summed E-state index contributed by atoms with van der Waals surface area (Å²) < 4.78 is 14.2. The van der Waals surface area contributed by atoms with Gasteiger partial charge in [0, 0.05) is 37.0 Å². The molecule has 1 unspecified atom stereocenters. The van der Waals surface area contributed by atoms with Crippen molar-refractivity contribution < 1.29 is 9.18 Å². The van der Waals surface area contributed by atoms with Crippen molar-refractivity contribution in [1.82, 2.24) is 15.5 Å². The van der Waals surface area contributed by atoms with Crippen molar-refractivity contribution in [2.24, 2.45) is 10.9 Å². The van der Waals surface area contributed by atoms with Crippen molar-refractivity contribution in [1.29, 1.82) is 0 Å². The minimum atomic E-state index is -0.409. The van der Waals surface area contributed by atoms with Crippen molar-refractivity contribution in [3.8, 4) is 0 Å². The Kier molecular flexibility index (Phi) is 7.14. The molecule has 0 radical (unpaired) electrons. The summed E-state index contributed by atoms with van der Waals surface area (Å²) in [6.07, 6.45) is 5.38. The van der Waals surface area contributed by atoms with Gasteiger partial charge < -0.3 is 15.5 Å². The number of hydrogen-bond acceptors (Lipinski definition) is 2. The maximum atomic E-state index is 14.2. The lowest BCUT2D eigenvalue weighted by Gasteiger charge is -2.25. The number of nitrogens with zero attached hydrogens (tertiary/aromatic N) is 2. The van der Waals surface area contributed by atoms with Crippen molar-refractivity contribution in [3.05, 3.63) is 35.6 Å². The molecular weight excluding hydrogens is 367 g/mol. The van der Waals surface area contributed by atoms with Crippen LogP contribution in [0, 0.1) is 11.7 Å². The van der Waals surface area contributed by atoms with Gasteiger partial charge in [0.2, 0.25) is 5.91 Å². The Morgan fingerprint density at radius 2 is 1.97 bits per heavy atom. The van der Waals surface area contributed by atoms with E-state index in [1.165, 1.54) is 18.9 Å². The number of aliphatic imine (C=N–C) groups is 1. The van der Waals surface area contributed by atoms with Crippen molar-refractivity contribution in [3.63, 3.8) is 0 Å². The van der Waals surface area contributed by atoms with E-state index < -0.39 is 5.41 Å². The number of likely N-dealkylation sites (tertiary alicyclic amines) is 1. The monoisotopic (exact) mass is 402 g/mol.